The topological polar surface area (TPSA) is 57.6 Å². The average molecular weight is 281 g/mol. The van der Waals surface area contributed by atoms with Crippen LogP contribution < -0.4 is 0 Å². The number of hydrogen-bond donors (Lipinski definition) is 1. The lowest BCUT2D eigenvalue weighted by atomic mass is 10.3. The van der Waals surface area contributed by atoms with Crippen LogP contribution in [0.4, 0.5) is 0 Å². The van der Waals surface area contributed by atoms with Gasteiger partial charge in [-0.3, -0.25) is 4.79 Å². The zero-order valence-electron chi connectivity index (χ0n) is 11.2. The maximum absolute atomic E-state index is 11.4. The van der Waals surface area contributed by atoms with Crippen molar-refractivity contribution in [2.45, 2.75) is 39.7 Å². The third-order valence-corrected chi connectivity index (χ3v) is 3.66. The summed E-state index contributed by atoms with van der Waals surface area (Å²) in [5.74, 6) is -0.378. The number of likely N-dealkylation sites (N-methyl/N-ethyl adjacent to an activating group) is 1. The minimum Gasteiger partial charge on any atom is -0.480 e. The highest BCUT2D eigenvalue weighted by molar-refractivity contribution is 8.76. The maximum atomic E-state index is 11.4. The second-order valence-electron chi connectivity index (χ2n) is 3.46. The molecule has 0 fully saturated rings. The summed E-state index contributed by atoms with van der Waals surface area (Å²) >= 11 is 0. The lowest BCUT2D eigenvalue weighted by molar-refractivity contribution is -0.148. The van der Waals surface area contributed by atoms with Gasteiger partial charge < -0.3 is 10.0 Å². The number of amides is 1. The first-order chi connectivity index (χ1) is 7.92. The maximum Gasteiger partial charge on any atom is 0.326 e. The molecule has 0 radical (unpaired) electrons. The molecule has 1 atom stereocenters. The summed E-state index contributed by atoms with van der Waals surface area (Å²) in [6.45, 7) is 5.75. The van der Waals surface area contributed by atoms with Gasteiger partial charge in [-0.1, -0.05) is 41.9 Å². The molecule has 0 rings (SSSR count). The molecule has 0 saturated heterocycles. The molecule has 0 bridgehead atoms. The van der Waals surface area contributed by atoms with Crippen molar-refractivity contribution in [2.75, 3.05) is 19.1 Å². The molecule has 0 spiro atoms. The summed E-state index contributed by atoms with van der Waals surface area (Å²) in [6, 6.07) is -0.748. The van der Waals surface area contributed by atoms with Crippen LogP contribution in [0, 0.1) is 0 Å². The number of carboxylic acid groups (broad SMARTS) is 1. The first kappa shape index (κ1) is 19.0. The fourth-order valence-electron chi connectivity index (χ4n) is 0.770. The molecule has 0 aromatic heterocycles. The minimum absolute atomic E-state index is 0.124. The molecule has 4 nitrogen and oxygen atoms in total. The Labute approximate surface area is 112 Å². The Hall–Kier alpha value is -0.360. The predicted molar refractivity (Wildman–Crippen MR) is 76.4 cm³/mol. The highest BCUT2D eigenvalue weighted by Crippen LogP contribution is 2.17. The summed E-state index contributed by atoms with van der Waals surface area (Å²) in [4.78, 5) is 23.2. The Balaban J connectivity index is 0. The van der Waals surface area contributed by atoms with E-state index in [4.69, 9.17) is 5.11 Å². The molecule has 102 valence electrons. The van der Waals surface area contributed by atoms with E-state index in [1.54, 1.807) is 21.6 Å². The van der Waals surface area contributed by atoms with Crippen LogP contribution in [-0.4, -0.2) is 47.0 Å². The molecular weight excluding hydrogens is 258 g/mol. The van der Waals surface area contributed by atoms with Gasteiger partial charge in [-0.2, -0.15) is 0 Å². The summed E-state index contributed by atoms with van der Waals surface area (Å²) in [6.07, 6.45) is 3.58. The van der Waals surface area contributed by atoms with Crippen LogP contribution in [0.15, 0.2) is 0 Å². The second kappa shape index (κ2) is 12.1. The highest BCUT2D eigenvalue weighted by atomic mass is 33.1. The zero-order chi connectivity index (χ0) is 13.8. The van der Waals surface area contributed by atoms with Crippen LogP contribution in [0.3, 0.4) is 0 Å². The van der Waals surface area contributed by atoms with Gasteiger partial charge in [0.25, 0.3) is 0 Å². The highest BCUT2D eigenvalue weighted by Gasteiger charge is 2.20. The summed E-state index contributed by atoms with van der Waals surface area (Å²) in [5.41, 5.74) is 0. The number of aliphatic carboxylic acids is 1. The molecule has 0 aromatic rings. The Kier molecular flexibility index (Phi) is 13.5. The quantitative estimate of drug-likeness (QED) is 0.599. The van der Waals surface area contributed by atoms with E-state index in [-0.39, 0.29) is 5.91 Å². The smallest absolute Gasteiger partial charge is 0.326 e. The van der Waals surface area contributed by atoms with Gasteiger partial charge in [-0.15, -0.1) is 0 Å². The van der Waals surface area contributed by atoms with Gasteiger partial charge in [0.1, 0.15) is 6.04 Å². The van der Waals surface area contributed by atoms with E-state index in [0.29, 0.717) is 6.42 Å². The van der Waals surface area contributed by atoms with Crippen LogP contribution in [0.1, 0.15) is 33.6 Å². The standard InChI is InChI=1S/C8H15NO3S2.C3H8/c1-6(8(11)12)9(2)7(10)4-5-14-13-3;1-3-2/h6H,4-5H2,1-3H3,(H,11,12);3H2,1-2H3/t6-;/m0./s1. The summed E-state index contributed by atoms with van der Waals surface area (Å²) < 4.78 is 0. The number of carboxylic acids is 1. The van der Waals surface area contributed by atoms with Gasteiger partial charge in [0.2, 0.25) is 5.91 Å². The van der Waals surface area contributed by atoms with Crippen LogP contribution >= 0.6 is 21.6 Å². The van der Waals surface area contributed by atoms with Crippen molar-refractivity contribution >= 4 is 33.5 Å². The monoisotopic (exact) mass is 281 g/mol. The fourth-order valence-corrected chi connectivity index (χ4v) is 1.94. The van der Waals surface area contributed by atoms with Crippen molar-refractivity contribution in [1.29, 1.82) is 0 Å². The molecule has 0 aliphatic carbocycles. The van der Waals surface area contributed by atoms with Crippen LogP contribution in [0.25, 0.3) is 0 Å². The molecule has 0 aromatic carbocycles. The summed E-state index contributed by atoms with van der Waals surface area (Å²) in [7, 11) is 4.71. The summed E-state index contributed by atoms with van der Waals surface area (Å²) in [5, 5.41) is 8.67. The van der Waals surface area contributed by atoms with Gasteiger partial charge >= 0.3 is 5.97 Å². The third-order valence-electron chi connectivity index (χ3n) is 1.85. The minimum atomic E-state index is -0.974. The lowest BCUT2D eigenvalue weighted by Crippen LogP contribution is -2.40. The number of nitrogens with zero attached hydrogens (tertiary/aromatic N) is 1. The molecule has 0 aliphatic rings. The van der Waals surface area contributed by atoms with E-state index in [9.17, 15) is 9.59 Å². The molecule has 6 heteroatoms. The third kappa shape index (κ3) is 10.5. The fraction of sp³-hybridized carbons (Fsp3) is 0.818. The SMILES string of the molecule is CCC.CSSCCC(=O)N(C)[C@@H](C)C(=O)O. The molecule has 0 heterocycles. The Morgan fingerprint density at radius 2 is 1.82 bits per heavy atom. The average Bonchev–Trinajstić information content (AvgIpc) is 2.28. The Morgan fingerprint density at radius 3 is 2.18 bits per heavy atom. The van der Waals surface area contributed by atoms with Gasteiger partial charge in [0, 0.05) is 19.2 Å². The molecule has 1 N–H and O–H groups in total. The normalized spacial score (nSPS) is 11.1. The molecule has 0 saturated carbocycles. The van der Waals surface area contributed by atoms with Crippen molar-refractivity contribution < 1.29 is 14.7 Å². The van der Waals surface area contributed by atoms with E-state index >= 15 is 0 Å². The van der Waals surface area contributed by atoms with Crippen LogP contribution in [-0.2, 0) is 9.59 Å². The Bertz CT molecular complexity index is 225. The first-order valence-corrected chi connectivity index (χ1v) is 8.29. The van der Waals surface area contributed by atoms with Crippen LogP contribution in [0.5, 0.6) is 0 Å². The number of rotatable bonds is 6. The second-order valence-corrected chi connectivity index (χ2v) is 6.15. The van der Waals surface area contributed by atoms with Gasteiger partial charge in [0.15, 0.2) is 0 Å². The number of carbonyl (C=O) groups excluding carboxylic acids is 1. The van der Waals surface area contributed by atoms with Crippen LogP contribution in [0.2, 0.25) is 0 Å². The molecule has 17 heavy (non-hydrogen) atoms. The van der Waals surface area contributed by atoms with Crippen molar-refractivity contribution in [1.82, 2.24) is 4.90 Å². The predicted octanol–water partition coefficient (Wildman–Crippen LogP) is 2.74. The van der Waals surface area contributed by atoms with Crippen molar-refractivity contribution in [3.63, 3.8) is 0 Å². The van der Waals surface area contributed by atoms with E-state index in [1.165, 1.54) is 25.3 Å². The van der Waals surface area contributed by atoms with E-state index in [0.717, 1.165) is 5.75 Å². The molecular formula is C11H23NO3S2. The Morgan fingerprint density at radius 1 is 1.35 bits per heavy atom. The molecule has 0 aliphatic heterocycles. The van der Waals surface area contributed by atoms with Crippen molar-refractivity contribution in [3.05, 3.63) is 0 Å². The zero-order valence-corrected chi connectivity index (χ0v) is 12.9. The van der Waals surface area contributed by atoms with Crippen molar-refractivity contribution in [3.8, 4) is 0 Å². The molecule has 1 amide bonds. The van der Waals surface area contributed by atoms with Crippen molar-refractivity contribution in [2.24, 2.45) is 0 Å². The van der Waals surface area contributed by atoms with Gasteiger partial charge in [0.05, 0.1) is 0 Å². The van der Waals surface area contributed by atoms with E-state index < -0.39 is 12.0 Å². The van der Waals surface area contributed by atoms with E-state index in [2.05, 4.69) is 13.8 Å². The number of carbonyl (C=O) groups is 2. The first-order valence-electron chi connectivity index (χ1n) is 5.56. The van der Waals surface area contributed by atoms with E-state index in [1.807, 2.05) is 6.26 Å². The number of hydrogen-bond acceptors (Lipinski definition) is 4. The molecule has 0 unspecified atom stereocenters. The lowest BCUT2D eigenvalue weighted by Gasteiger charge is -2.21. The van der Waals surface area contributed by atoms with Gasteiger partial charge in [-0.05, 0) is 13.2 Å². The largest absolute Gasteiger partial charge is 0.480 e. The van der Waals surface area contributed by atoms with Gasteiger partial charge in [-0.25, -0.2) is 4.79 Å².